The molecule has 1 atom stereocenters. The minimum Gasteiger partial charge on any atom is -0.350 e. The van der Waals surface area contributed by atoms with Gasteiger partial charge in [0.25, 0.3) is 10.0 Å². The van der Waals surface area contributed by atoms with E-state index in [-0.39, 0.29) is 33.1 Å². The van der Waals surface area contributed by atoms with E-state index in [0.717, 1.165) is 19.9 Å². The number of aryl methyl sites for hydroxylation is 1. The molecule has 0 aromatic heterocycles. The van der Waals surface area contributed by atoms with Gasteiger partial charge >= 0.3 is 0 Å². The van der Waals surface area contributed by atoms with Crippen LogP contribution in [0, 0.1) is 6.92 Å². The van der Waals surface area contributed by atoms with Crippen molar-refractivity contribution in [3.05, 3.63) is 92.4 Å². The number of anilines is 1. The third-order valence-corrected chi connectivity index (χ3v) is 9.07. The summed E-state index contributed by atoms with van der Waals surface area (Å²) in [6.45, 7) is 8.52. The Balaban J connectivity index is 2.06. The van der Waals surface area contributed by atoms with Crippen molar-refractivity contribution in [3.63, 3.8) is 0 Å². The lowest BCUT2D eigenvalue weighted by Crippen LogP contribution is -2.54. The zero-order valence-electron chi connectivity index (χ0n) is 22.9. The zero-order chi connectivity index (χ0) is 29.8. The van der Waals surface area contributed by atoms with E-state index < -0.39 is 34.1 Å². The van der Waals surface area contributed by atoms with Crippen LogP contribution in [-0.2, 0) is 26.2 Å². The van der Waals surface area contributed by atoms with Crippen molar-refractivity contribution in [2.75, 3.05) is 10.8 Å². The molecule has 0 aliphatic rings. The number of nitrogens with one attached hydrogen (secondary N) is 1. The van der Waals surface area contributed by atoms with Crippen molar-refractivity contribution < 1.29 is 18.0 Å². The number of carbonyl (C=O) groups is 2. The number of carbonyl (C=O) groups excluding carboxylic acids is 2. The second-order valence-electron chi connectivity index (χ2n) is 10.5. The number of hydrogen-bond donors (Lipinski definition) is 1. The summed E-state index contributed by atoms with van der Waals surface area (Å²) in [5, 5.41) is 3.29. The molecular weight excluding hydrogens is 637 g/mol. The maximum atomic E-state index is 14.0. The molecule has 0 aliphatic heterocycles. The van der Waals surface area contributed by atoms with Crippen LogP contribution >= 0.6 is 39.1 Å². The minimum atomic E-state index is -4.20. The summed E-state index contributed by atoms with van der Waals surface area (Å²) in [7, 11) is -4.20. The molecule has 0 radical (unpaired) electrons. The Kier molecular flexibility index (Phi) is 10.3. The van der Waals surface area contributed by atoms with Gasteiger partial charge in [-0.05, 0) is 82.6 Å². The summed E-state index contributed by atoms with van der Waals surface area (Å²) in [4.78, 5) is 28.5. The number of halogens is 3. The van der Waals surface area contributed by atoms with Gasteiger partial charge in [-0.15, -0.1) is 0 Å². The zero-order valence-corrected chi connectivity index (χ0v) is 26.8. The fraction of sp³-hybridized carbons (Fsp3) is 0.310. The highest BCUT2D eigenvalue weighted by Gasteiger charge is 2.33. The predicted molar refractivity (Wildman–Crippen MR) is 164 cm³/mol. The van der Waals surface area contributed by atoms with E-state index in [0.29, 0.717) is 0 Å². The average molecular weight is 669 g/mol. The number of benzene rings is 3. The van der Waals surface area contributed by atoms with E-state index in [4.69, 9.17) is 23.2 Å². The lowest BCUT2D eigenvalue weighted by atomic mass is 10.1. The predicted octanol–water partition coefficient (Wildman–Crippen LogP) is 6.59. The number of sulfonamides is 1. The molecule has 1 unspecified atom stereocenters. The number of amides is 2. The van der Waals surface area contributed by atoms with Gasteiger partial charge in [-0.3, -0.25) is 13.9 Å². The second-order valence-corrected chi connectivity index (χ2v) is 14.1. The lowest BCUT2D eigenvalue weighted by molar-refractivity contribution is -0.140. The summed E-state index contributed by atoms with van der Waals surface area (Å²) < 4.78 is 29.6. The van der Waals surface area contributed by atoms with Crippen molar-refractivity contribution in [2.24, 2.45) is 0 Å². The molecule has 2 amide bonds. The van der Waals surface area contributed by atoms with Crippen molar-refractivity contribution >= 4 is 66.7 Å². The maximum absolute atomic E-state index is 14.0. The lowest BCUT2D eigenvalue weighted by Gasteiger charge is -2.33. The molecule has 0 saturated heterocycles. The van der Waals surface area contributed by atoms with Crippen LogP contribution in [0.1, 0.15) is 38.8 Å². The number of nitrogens with zero attached hydrogens (tertiary/aromatic N) is 2. The molecule has 0 saturated carbocycles. The van der Waals surface area contributed by atoms with Crippen molar-refractivity contribution in [3.8, 4) is 0 Å². The molecular formula is C29H32BrCl2N3O4S. The monoisotopic (exact) mass is 667 g/mol. The average Bonchev–Trinajstić information content (AvgIpc) is 2.87. The normalized spacial score (nSPS) is 12.5. The summed E-state index contributed by atoms with van der Waals surface area (Å²) in [5.74, 6) is -0.929. The van der Waals surface area contributed by atoms with Gasteiger partial charge in [0.15, 0.2) is 0 Å². The second kappa shape index (κ2) is 12.9. The van der Waals surface area contributed by atoms with Crippen LogP contribution < -0.4 is 9.62 Å². The highest BCUT2D eigenvalue weighted by atomic mass is 79.9. The molecule has 3 rings (SSSR count). The van der Waals surface area contributed by atoms with E-state index in [1.807, 2.05) is 52.0 Å². The highest BCUT2D eigenvalue weighted by Crippen LogP contribution is 2.31. The SMILES string of the molecule is Cc1ccc(S(=O)(=O)N(CC(=O)N(Cc2ccc(Br)cc2)C(C)C(=O)NC(C)(C)C)c2ccc(Cl)c(Cl)c2)cc1. The van der Waals surface area contributed by atoms with E-state index in [1.54, 1.807) is 19.1 Å². The van der Waals surface area contributed by atoms with Gasteiger partial charge in [0.2, 0.25) is 11.8 Å². The van der Waals surface area contributed by atoms with Gasteiger partial charge in [0.05, 0.1) is 20.6 Å². The van der Waals surface area contributed by atoms with E-state index in [2.05, 4.69) is 21.2 Å². The molecule has 40 heavy (non-hydrogen) atoms. The summed E-state index contributed by atoms with van der Waals surface area (Å²) in [5.41, 5.74) is 1.29. The van der Waals surface area contributed by atoms with Crippen molar-refractivity contribution in [1.82, 2.24) is 10.2 Å². The summed E-state index contributed by atoms with van der Waals surface area (Å²) >= 11 is 15.7. The number of rotatable bonds is 9. The van der Waals surface area contributed by atoms with Crippen molar-refractivity contribution in [2.45, 2.75) is 57.6 Å². The number of hydrogen-bond acceptors (Lipinski definition) is 4. The molecule has 0 bridgehead atoms. The third-order valence-electron chi connectivity index (χ3n) is 6.01. The van der Waals surface area contributed by atoms with Crippen LogP contribution in [0.15, 0.2) is 76.1 Å². The molecule has 1 N–H and O–H groups in total. The third kappa shape index (κ3) is 8.22. The molecule has 0 heterocycles. The van der Waals surface area contributed by atoms with Crippen LogP contribution in [0.5, 0.6) is 0 Å². The van der Waals surface area contributed by atoms with Crippen LogP contribution in [0.4, 0.5) is 5.69 Å². The van der Waals surface area contributed by atoms with E-state index >= 15 is 0 Å². The smallest absolute Gasteiger partial charge is 0.264 e. The molecule has 7 nitrogen and oxygen atoms in total. The van der Waals surface area contributed by atoms with Crippen LogP contribution in [-0.4, -0.2) is 43.3 Å². The van der Waals surface area contributed by atoms with Crippen LogP contribution in [0.3, 0.4) is 0 Å². The van der Waals surface area contributed by atoms with Gasteiger partial charge in [-0.2, -0.15) is 0 Å². The Bertz CT molecular complexity index is 1470. The maximum Gasteiger partial charge on any atom is 0.264 e. The molecule has 0 fully saturated rings. The Morgan fingerprint density at radius 3 is 2.10 bits per heavy atom. The fourth-order valence-corrected chi connectivity index (χ4v) is 5.81. The van der Waals surface area contributed by atoms with E-state index in [1.165, 1.54) is 35.2 Å². The summed E-state index contributed by atoms with van der Waals surface area (Å²) in [6.07, 6.45) is 0. The van der Waals surface area contributed by atoms with Crippen molar-refractivity contribution in [1.29, 1.82) is 0 Å². The van der Waals surface area contributed by atoms with Crippen LogP contribution in [0.2, 0.25) is 10.0 Å². The van der Waals surface area contributed by atoms with E-state index in [9.17, 15) is 18.0 Å². The summed E-state index contributed by atoms with van der Waals surface area (Å²) in [6, 6.07) is 17.1. The van der Waals surface area contributed by atoms with Gasteiger partial charge in [-0.25, -0.2) is 8.42 Å². The first-order valence-electron chi connectivity index (χ1n) is 12.5. The van der Waals surface area contributed by atoms with Gasteiger partial charge < -0.3 is 10.2 Å². The first kappa shape index (κ1) is 31.9. The molecule has 11 heteroatoms. The van der Waals surface area contributed by atoms with Gasteiger partial charge in [0, 0.05) is 16.6 Å². The highest BCUT2D eigenvalue weighted by molar-refractivity contribution is 9.10. The van der Waals surface area contributed by atoms with Crippen LogP contribution in [0.25, 0.3) is 0 Å². The largest absolute Gasteiger partial charge is 0.350 e. The standard InChI is InChI=1S/C29H32BrCl2N3O4S/c1-19-6-13-24(14-7-19)40(38,39)35(23-12-15-25(31)26(32)16-23)18-27(36)34(17-21-8-10-22(30)11-9-21)20(2)28(37)33-29(3,4)5/h6-16,20H,17-18H2,1-5H3,(H,33,37). The van der Waals surface area contributed by atoms with Gasteiger partial charge in [-0.1, -0.05) is 69.0 Å². The molecule has 3 aromatic carbocycles. The first-order valence-corrected chi connectivity index (χ1v) is 15.5. The quantitative estimate of drug-likeness (QED) is 0.279. The Morgan fingerprint density at radius 1 is 0.950 bits per heavy atom. The molecule has 3 aromatic rings. The Labute approximate surface area is 254 Å². The molecule has 0 spiro atoms. The topological polar surface area (TPSA) is 86.8 Å². The Morgan fingerprint density at radius 2 is 1.55 bits per heavy atom. The molecule has 214 valence electrons. The minimum absolute atomic E-state index is 0.00922. The fourth-order valence-electron chi connectivity index (χ4n) is 3.85. The Hall–Kier alpha value is -2.59. The molecule has 0 aliphatic carbocycles. The van der Waals surface area contributed by atoms with Gasteiger partial charge in [0.1, 0.15) is 12.6 Å². The first-order chi connectivity index (χ1) is 18.6.